The molecular weight excluding hydrogens is 416 g/mol. The van der Waals surface area contributed by atoms with Crippen LogP contribution in [0.15, 0.2) is 53.0 Å². The summed E-state index contributed by atoms with van der Waals surface area (Å²) >= 11 is 1.53. The van der Waals surface area contributed by atoms with Crippen LogP contribution < -0.4 is 10.6 Å². The molecule has 160 valence electrons. The van der Waals surface area contributed by atoms with Crippen molar-refractivity contribution in [2.75, 3.05) is 4.90 Å². The van der Waals surface area contributed by atoms with Crippen LogP contribution in [-0.4, -0.2) is 5.78 Å². The largest absolute Gasteiger partial charge is 0.384 e. The molecule has 31 heavy (non-hydrogen) atoms. The number of aryl methyl sites for hydroxylation is 1. The molecule has 2 N–H and O–H groups in total. The highest BCUT2D eigenvalue weighted by Gasteiger charge is 2.46. The van der Waals surface area contributed by atoms with E-state index in [1.165, 1.54) is 22.3 Å². The highest BCUT2D eigenvalue weighted by molar-refractivity contribution is 7.12. The van der Waals surface area contributed by atoms with Crippen molar-refractivity contribution in [2.45, 2.75) is 46.0 Å². The van der Waals surface area contributed by atoms with E-state index >= 15 is 0 Å². The first-order valence-corrected chi connectivity index (χ1v) is 11.0. The number of hydrogen-bond donors (Lipinski definition) is 1. The van der Waals surface area contributed by atoms with Crippen molar-refractivity contribution in [3.05, 3.63) is 74.4 Å². The molecule has 0 bridgehead atoms. The van der Waals surface area contributed by atoms with E-state index in [9.17, 15) is 18.8 Å². The number of benzene rings is 1. The van der Waals surface area contributed by atoms with Gasteiger partial charge in [-0.2, -0.15) is 5.26 Å². The number of anilines is 1. The second kappa shape index (κ2) is 7.61. The van der Waals surface area contributed by atoms with Crippen LogP contribution in [0.2, 0.25) is 0 Å². The first kappa shape index (κ1) is 21.3. The van der Waals surface area contributed by atoms with Gasteiger partial charge in [-0.3, -0.25) is 9.69 Å². The van der Waals surface area contributed by atoms with Crippen molar-refractivity contribution in [3.63, 3.8) is 0 Å². The quantitative estimate of drug-likeness (QED) is 0.683. The summed E-state index contributed by atoms with van der Waals surface area (Å²) in [6.45, 7) is 5.92. The first-order chi connectivity index (χ1) is 14.7. The lowest BCUT2D eigenvalue weighted by Crippen LogP contribution is -2.42. The summed E-state index contributed by atoms with van der Waals surface area (Å²) < 4.78 is 29.6. The Morgan fingerprint density at radius 1 is 1.23 bits per heavy atom. The van der Waals surface area contributed by atoms with Gasteiger partial charge in [0.05, 0.1) is 17.6 Å². The molecule has 2 heterocycles. The van der Waals surface area contributed by atoms with Gasteiger partial charge in [0.25, 0.3) is 0 Å². The average Bonchev–Trinajstić information content (AvgIpc) is 3.17. The van der Waals surface area contributed by atoms with Crippen LogP contribution in [0.4, 0.5) is 14.5 Å². The number of Topliss-reactive ketones (excluding diaryl/α,β-unsaturated/α-hetero) is 1. The smallest absolute Gasteiger partial charge is 0.162 e. The molecule has 0 radical (unpaired) electrons. The predicted molar refractivity (Wildman–Crippen MR) is 117 cm³/mol. The van der Waals surface area contributed by atoms with Crippen LogP contribution in [0.5, 0.6) is 0 Å². The Morgan fingerprint density at radius 2 is 1.90 bits per heavy atom. The number of nitriles is 1. The summed E-state index contributed by atoms with van der Waals surface area (Å²) in [6, 6.07) is 9.59. The van der Waals surface area contributed by atoms with Gasteiger partial charge in [-0.1, -0.05) is 26.8 Å². The Hall–Kier alpha value is -2.98. The van der Waals surface area contributed by atoms with E-state index in [1.54, 1.807) is 0 Å². The monoisotopic (exact) mass is 439 g/mol. The molecule has 1 aliphatic heterocycles. The molecule has 0 saturated heterocycles. The Kier molecular flexibility index (Phi) is 5.22. The van der Waals surface area contributed by atoms with Crippen molar-refractivity contribution in [1.29, 1.82) is 5.26 Å². The third kappa shape index (κ3) is 3.45. The van der Waals surface area contributed by atoms with Crippen molar-refractivity contribution >= 4 is 22.8 Å². The molecule has 4 rings (SSSR count). The SMILES string of the molecule is CCc1ccc([C@H]2C(C#N)=C(N)N(c3c(F)cccc3F)C3=C2C(=O)CC(C)(C)C3)s1. The van der Waals surface area contributed by atoms with Crippen LogP contribution in [0.3, 0.4) is 0 Å². The molecule has 1 aromatic carbocycles. The minimum Gasteiger partial charge on any atom is -0.384 e. The Labute approximate surface area is 184 Å². The lowest BCUT2D eigenvalue weighted by Gasteiger charge is -2.43. The second-order valence-corrected chi connectivity index (χ2v) is 9.91. The van der Waals surface area contributed by atoms with Gasteiger partial charge in [0, 0.05) is 27.4 Å². The number of nitrogens with zero attached hydrogens (tertiary/aromatic N) is 2. The summed E-state index contributed by atoms with van der Waals surface area (Å²) in [5.74, 6) is -2.38. The third-order valence-electron chi connectivity index (χ3n) is 5.86. The zero-order valence-corrected chi connectivity index (χ0v) is 18.4. The summed E-state index contributed by atoms with van der Waals surface area (Å²) in [7, 11) is 0. The lowest BCUT2D eigenvalue weighted by molar-refractivity contribution is -0.118. The number of allylic oxidation sites excluding steroid dienone is 3. The predicted octanol–water partition coefficient (Wildman–Crippen LogP) is 5.53. The second-order valence-electron chi connectivity index (χ2n) is 8.71. The van der Waals surface area contributed by atoms with Gasteiger partial charge in [-0.25, -0.2) is 8.78 Å². The van der Waals surface area contributed by atoms with E-state index < -0.39 is 23.0 Å². The molecule has 2 aromatic rings. The van der Waals surface area contributed by atoms with Gasteiger partial charge in [0.15, 0.2) is 5.78 Å². The number of ketones is 1. The van der Waals surface area contributed by atoms with Gasteiger partial charge >= 0.3 is 0 Å². The van der Waals surface area contributed by atoms with Crippen LogP contribution in [-0.2, 0) is 11.2 Å². The van der Waals surface area contributed by atoms with Gasteiger partial charge in [0.1, 0.15) is 23.1 Å². The van der Waals surface area contributed by atoms with Crippen LogP contribution in [0.1, 0.15) is 49.3 Å². The number of para-hydroxylation sites is 1. The molecule has 4 nitrogen and oxygen atoms in total. The van der Waals surface area contributed by atoms with Crippen molar-refractivity contribution in [2.24, 2.45) is 11.1 Å². The zero-order valence-electron chi connectivity index (χ0n) is 17.6. The number of nitrogens with two attached hydrogens (primary N) is 1. The molecule has 0 spiro atoms. The van der Waals surface area contributed by atoms with Gasteiger partial charge < -0.3 is 5.73 Å². The molecule has 1 atom stereocenters. The van der Waals surface area contributed by atoms with Gasteiger partial charge in [-0.15, -0.1) is 11.3 Å². The first-order valence-electron chi connectivity index (χ1n) is 10.2. The number of carbonyl (C=O) groups excluding carboxylic acids is 1. The summed E-state index contributed by atoms with van der Waals surface area (Å²) in [5, 5.41) is 10.0. The maximum Gasteiger partial charge on any atom is 0.162 e. The molecule has 0 unspecified atom stereocenters. The highest BCUT2D eigenvalue weighted by Crippen LogP contribution is 2.51. The standard InChI is InChI=1S/C24H23F2N3OS/c1-4-13-8-9-19(31-13)20-14(12-27)23(28)29(22-15(25)6-5-7-16(22)26)17-10-24(2,3)11-18(30)21(17)20/h5-9,20H,4,10-11,28H2,1-3H3/t20-/m1/s1. The van der Waals surface area contributed by atoms with Gasteiger partial charge in [-0.05, 0) is 42.5 Å². The van der Waals surface area contributed by atoms with E-state index in [2.05, 4.69) is 6.07 Å². The van der Waals surface area contributed by atoms with Crippen LogP contribution in [0.25, 0.3) is 0 Å². The van der Waals surface area contributed by atoms with Gasteiger partial charge in [0.2, 0.25) is 0 Å². The molecule has 1 aromatic heterocycles. The minimum atomic E-state index is -0.800. The van der Waals surface area contributed by atoms with Crippen molar-refractivity contribution in [3.8, 4) is 6.07 Å². The fraction of sp³-hybridized carbons (Fsp3) is 0.333. The van der Waals surface area contributed by atoms with Crippen molar-refractivity contribution in [1.82, 2.24) is 0 Å². The topological polar surface area (TPSA) is 70.1 Å². The minimum absolute atomic E-state index is 0.0350. The molecule has 0 saturated carbocycles. The summed E-state index contributed by atoms with van der Waals surface area (Å²) in [4.78, 5) is 16.6. The van der Waals surface area contributed by atoms with Crippen LogP contribution in [0, 0.1) is 28.4 Å². The van der Waals surface area contributed by atoms with E-state index in [-0.39, 0.29) is 22.9 Å². The molecule has 7 heteroatoms. The van der Waals surface area contributed by atoms with Crippen LogP contribution >= 0.6 is 11.3 Å². The fourth-order valence-electron chi connectivity index (χ4n) is 4.49. The third-order valence-corrected chi connectivity index (χ3v) is 7.15. The zero-order chi connectivity index (χ0) is 22.5. The van der Waals surface area contributed by atoms with E-state index in [0.717, 1.165) is 28.3 Å². The fourth-order valence-corrected chi connectivity index (χ4v) is 5.56. The number of carbonyl (C=O) groups is 1. The Bertz CT molecular complexity index is 1170. The van der Waals surface area contributed by atoms with E-state index in [0.29, 0.717) is 24.1 Å². The lowest BCUT2D eigenvalue weighted by atomic mass is 9.69. The summed E-state index contributed by atoms with van der Waals surface area (Å²) in [5.41, 5.74) is 6.68. The number of halogens is 2. The molecule has 0 amide bonds. The number of thiophene rings is 1. The number of rotatable bonds is 3. The molecule has 0 fully saturated rings. The Balaban J connectivity index is 2.03. The number of hydrogen-bond acceptors (Lipinski definition) is 5. The van der Waals surface area contributed by atoms with Crippen molar-refractivity contribution < 1.29 is 13.6 Å². The Morgan fingerprint density at radius 3 is 2.48 bits per heavy atom. The molecular formula is C24H23F2N3OS. The maximum atomic E-state index is 14.8. The van der Waals surface area contributed by atoms with E-state index in [4.69, 9.17) is 5.73 Å². The molecule has 2 aliphatic rings. The normalized spacial score (nSPS) is 20.7. The average molecular weight is 440 g/mol. The highest BCUT2D eigenvalue weighted by atomic mass is 32.1. The van der Waals surface area contributed by atoms with E-state index in [1.807, 2.05) is 32.9 Å². The summed E-state index contributed by atoms with van der Waals surface area (Å²) in [6.07, 6.45) is 1.53. The maximum absolute atomic E-state index is 14.8. The molecule has 1 aliphatic carbocycles.